The van der Waals surface area contributed by atoms with Crippen LogP contribution >= 0.6 is 0 Å². The Labute approximate surface area is 157 Å². The molecule has 4 nitrogen and oxygen atoms in total. The van der Waals surface area contributed by atoms with E-state index in [1.165, 1.54) is 12.1 Å². The highest BCUT2D eigenvalue weighted by Gasteiger charge is 2.35. The van der Waals surface area contributed by atoms with Crippen molar-refractivity contribution in [1.29, 1.82) is 0 Å². The van der Waals surface area contributed by atoms with Gasteiger partial charge in [0.15, 0.2) is 0 Å². The van der Waals surface area contributed by atoms with Gasteiger partial charge in [-0.15, -0.1) is 0 Å². The molecular formula is C21H23F2NO3. The Kier molecular flexibility index (Phi) is 4.78. The van der Waals surface area contributed by atoms with Gasteiger partial charge < -0.3 is 14.9 Å². The number of fused-ring (bicyclic) bond motifs is 1. The molecule has 0 aliphatic carbocycles. The first kappa shape index (κ1) is 18.2. The van der Waals surface area contributed by atoms with Gasteiger partial charge in [0.05, 0.1) is 5.60 Å². The van der Waals surface area contributed by atoms with Crippen LogP contribution in [0.4, 0.5) is 8.78 Å². The zero-order valence-electron chi connectivity index (χ0n) is 15.0. The smallest absolute Gasteiger partial charge is 0.129 e. The summed E-state index contributed by atoms with van der Waals surface area (Å²) in [5.74, 6) is -0.151. The van der Waals surface area contributed by atoms with Crippen molar-refractivity contribution in [2.45, 2.75) is 37.4 Å². The van der Waals surface area contributed by atoms with Crippen molar-refractivity contribution in [2.24, 2.45) is 0 Å². The van der Waals surface area contributed by atoms with Gasteiger partial charge in [0, 0.05) is 44.1 Å². The second kappa shape index (κ2) is 7.09. The molecule has 2 aromatic carbocycles. The minimum absolute atomic E-state index is 0.0301. The molecule has 2 aromatic rings. The lowest BCUT2D eigenvalue weighted by Crippen LogP contribution is -2.48. The van der Waals surface area contributed by atoms with E-state index in [4.69, 9.17) is 4.74 Å². The Morgan fingerprint density at radius 3 is 2.63 bits per heavy atom. The highest BCUT2D eigenvalue weighted by molar-refractivity contribution is 5.42. The summed E-state index contributed by atoms with van der Waals surface area (Å²) in [6.45, 7) is 2.14. The maximum absolute atomic E-state index is 13.9. The maximum Gasteiger partial charge on any atom is 0.129 e. The maximum atomic E-state index is 13.9. The number of aliphatic hydroxyl groups is 1. The number of phenols is 1. The third kappa shape index (κ3) is 4.06. The Morgan fingerprint density at radius 1 is 1.11 bits per heavy atom. The van der Waals surface area contributed by atoms with Crippen LogP contribution in [0.2, 0.25) is 0 Å². The summed E-state index contributed by atoms with van der Waals surface area (Å²) in [4.78, 5) is 2.24. The Hall–Kier alpha value is -2.18. The fourth-order valence-corrected chi connectivity index (χ4v) is 4.04. The summed E-state index contributed by atoms with van der Waals surface area (Å²) >= 11 is 0. The number of benzene rings is 2. The quantitative estimate of drug-likeness (QED) is 0.863. The van der Waals surface area contributed by atoms with Crippen molar-refractivity contribution in [2.75, 3.05) is 19.6 Å². The number of ether oxygens (including phenoxy) is 1. The lowest BCUT2D eigenvalue weighted by Gasteiger charge is -2.39. The monoisotopic (exact) mass is 375 g/mol. The van der Waals surface area contributed by atoms with E-state index < -0.39 is 17.2 Å². The predicted octanol–water partition coefficient (Wildman–Crippen LogP) is 3.04. The normalized spacial score (nSPS) is 21.7. The Balaban J connectivity index is 1.31. The minimum Gasteiger partial charge on any atom is -0.508 e. The molecule has 2 N–H and O–H groups in total. The fraction of sp³-hybridized carbons (Fsp3) is 0.429. The van der Waals surface area contributed by atoms with Gasteiger partial charge >= 0.3 is 0 Å². The standard InChI is InChI=1S/C21H23F2NO3/c22-16-2-1-14(19(23)11-16)12-21(26)5-7-24(8-6-21)13-18-10-15-9-17(25)3-4-20(15)27-18/h1-4,9,11,18,25-26H,5-8,10,12-13H2. The number of rotatable bonds is 4. The van der Waals surface area contributed by atoms with E-state index in [1.54, 1.807) is 18.2 Å². The third-order valence-electron chi connectivity index (χ3n) is 5.57. The number of hydrogen-bond donors (Lipinski definition) is 2. The second-order valence-electron chi connectivity index (χ2n) is 7.67. The molecule has 1 fully saturated rings. The van der Waals surface area contributed by atoms with Crippen LogP contribution in [0.25, 0.3) is 0 Å². The van der Waals surface area contributed by atoms with E-state index in [2.05, 4.69) is 4.90 Å². The molecule has 27 heavy (non-hydrogen) atoms. The number of piperidine rings is 1. The molecule has 144 valence electrons. The van der Waals surface area contributed by atoms with Crippen LogP contribution in [-0.4, -0.2) is 46.5 Å². The number of likely N-dealkylation sites (tertiary alicyclic amines) is 1. The molecule has 1 unspecified atom stereocenters. The van der Waals surface area contributed by atoms with Crippen LogP contribution in [0.5, 0.6) is 11.5 Å². The van der Waals surface area contributed by atoms with Crippen molar-refractivity contribution in [3.8, 4) is 11.5 Å². The molecule has 1 saturated heterocycles. The number of hydrogen-bond acceptors (Lipinski definition) is 4. The lowest BCUT2D eigenvalue weighted by molar-refractivity contribution is -0.0270. The fourth-order valence-electron chi connectivity index (χ4n) is 4.04. The average molecular weight is 375 g/mol. The Morgan fingerprint density at radius 2 is 1.89 bits per heavy atom. The van der Waals surface area contributed by atoms with Crippen molar-refractivity contribution >= 4 is 0 Å². The van der Waals surface area contributed by atoms with Gasteiger partial charge in [-0.2, -0.15) is 0 Å². The Bertz CT molecular complexity index is 834. The molecule has 0 radical (unpaired) electrons. The summed E-state index contributed by atoms with van der Waals surface area (Å²) in [7, 11) is 0. The summed E-state index contributed by atoms with van der Waals surface area (Å²) in [5, 5.41) is 20.4. The number of nitrogens with zero attached hydrogens (tertiary/aromatic N) is 1. The molecule has 0 bridgehead atoms. The molecule has 1 atom stereocenters. The molecular weight excluding hydrogens is 352 g/mol. The van der Waals surface area contributed by atoms with Crippen LogP contribution in [0.3, 0.4) is 0 Å². The van der Waals surface area contributed by atoms with Gasteiger partial charge in [-0.3, -0.25) is 4.90 Å². The first-order chi connectivity index (χ1) is 12.9. The minimum atomic E-state index is -0.972. The second-order valence-corrected chi connectivity index (χ2v) is 7.67. The van der Waals surface area contributed by atoms with E-state index in [0.29, 0.717) is 31.5 Å². The number of phenolic OH excluding ortho intramolecular Hbond substituents is 1. The van der Waals surface area contributed by atoms with Gasteiger partial charge in [-0.1, -0.05) is 6.07 Å². The highest BCUT2D eigenvalue weighted by Crippen LogP contribution is 2.33. The van der Waals surface area contributed by atoms with Gasteiger partial charge in [0.25, 0.3) is 0 Å². The van der Waals surface area contributed by atoms with Crippen molar-refractivity contribution in [1.82, 2.24) is 4.90 Å². The molecule has 2 aliphatic rings. The van der Waals surface area contributed by atoms with Crippen LogP contribution < -0.4 is 4.74 Å². The molecule has 0 spiro atoms. The van der Waals surface area contributed by atoms with Gasteiger partial charge in [-0.25, -0.2) is 8.78 Å². The molecule has 0 amide bonds. The summed E-state index contributed by atoms with van der Waals surface area (Å²) in [6, 6.07) is 8.65. The zero-order chi connectivity index (χ0) is 19.0. The van der Waals surface area contributed by atoms with Gasteiger partial charge in [0.1, 0.15) is 29.2 Å². The van der Waals surface area contributed by atoms with Crippen LogP contribution in [0.1, 0.15) is 24.0 Å². The summed E-state index contributed by atoms with van der Waals surface area (Å²) in [6.07, 6.45) is 2.04. The first-order valence-corrected chi connectivity index (χ1v) is 9.27. The molecule has 2 aliphatic heterocycles. The third-order valence-corrected chi connectivity index (χ3v) is 5.57. The van der Waals surface area contributed by atoms with E-state index in [-0.39, 0.29) is 18.3 Å². The zero-order valence-corrected chi connectivity index (χ0v) is 15.0. The van der Waals surface area contributed by atoms with Crippen LogP contribution in [0.15, 0.2) is 36.4 Å². The van der Waals surface area contributed by atoms with E-state index in [9.17, 15) is 19.0 Å². The molecule has 4 rings (SSSR count). The van der Waals surface area contributed by atoms with E-state index >= 15 is 0 Å². The topological polar surface area (TPSA) is 52.9 Å². The molecule has 6 heteroatoms. The van der Waals surface area contributed by atoms with Crippen molar-refractivity contribution in [3.63, 3.8) is 0 Å². The SMILES string of the molecule is Oc1ccc2c(c1)CC(CN1CCC(O)(Cc3ccc(F)cc3F)CC1)O2. The predicted molar refractivity (Wildman–Crippen MR) is 96.9 cm³/mol. The number of halogens is 2. The molecule has 2 heterocycles. The average Bonchev–Trinajstić information content (AvgIpc) is 3.01. The lowest BCUT2D eigenvalue weighted by atomic mass is 9.85. The largest absolute Gasteiger partial charge is 0.508 e. The first-order valence-electron chi connectivity index (χ1n) is 9.27. The van der Waals surface area contributed by atoms with Crippen molar-refractivity contribution in [3.05, 3.63) is 59.2 Å². The van der Waals surface area contributed by atoms with Gasteiger partial charge in [-0.05, 0) is 42.7 Å². The highest BCUT2D eigenvalue weighted by atomic mass is 19.1. The summed E-state index contributed by atoms with van der Waals surface area (Å²) < 4.78 is 32.9. The number of aromatic hydroxyl groups is 1. The van der Waals surface area contributed by atoms with Crippen LogP contribution in [0, 0.1) is 11.6 Å². The molecule has 0 aromatic heterocycles. The van der Waals surface area contributed by atoms with E-state index in [0.717, 1.165) is 30.3 Å². The van der Waals surface area contributed by atoms with Crippen LogP contribution in [-0.2, 0) is 12.8 Å². The summed E-state index contributed by atoms with van der Waals surface area (Å²) in [5.41, 5.74) is 0.391. The van der Waals surface area contributed by atoms with Gasteiger partial charge in [0.2, 0.25) is 0 Å². The van der Waals surface area contributed by atoms with Crippen molar-refractivity contribution < 1.29 is 23.7 Å². The van der Waals surface area contributed by atoms with E-state index in [1.807, 2.05) is 0 Å². The molecule has 0 saturated carbocycles.